The summed E-state index contributed by atoms with van der Waals surface area (Å²) >= 11 is 0. The van der Waals surface area contributed by atoms with Gasteiger partial charge in [-0.1, -0.05) is 31.8 Å². The first-order valence-electron chi connectivity index (χ1n) is 6.13. The monoisotopic (exact) mass is 194 g/mol. The lowest BCUT2D eigenvalue weighted by Gasteiger charge is -2.32. The van der Waals surface area contributed by atoms with Crippen molar-refractivity contribution < 1.29 is 4.74 Å². The topological polar surface area (TPSA) is 9.23 Å². The van der Waals surface area contributed by atoms with Gasteiger partial charge in [0.1, 0.15) is 0 Å². The number of hydrogen-bond donors (Lipinski definition) is 0. The molecule has 0 N–H and O–H groups in total. The Hall–Kier alpha value is -0.300. The molecule has 1 heteroatoms. The van der Waals surface area contributed by atoms with E-state index in [4.69, 9.17) is 4.74 Å². The first-order valence-corrected chi connectivity index (χ1v) is 6.13. The predicted octanol–water partition coefficient (Wildman–Crippen LogP) is 3.83. The summed E-state index contributed by atoms with van der Waals surface area (Å²) in [4.78, 5) is 0. The molecule has 80 valence electrons. The zero-order valence-corrected chi connectivity index (χ0v) is 9.13. The van der Waals surface area contributed by atoms with Crippen LogP contribution < -0.4 is 0 Å². The summed E-state index contributed by atoms with van der Waals surface area (Å²) in [7, 11) is 0. The van der Waals surface area contributed by atoms with E-state index in [0.717, 1.165) is 6.42 Å². The number of fused-ring (bicyclic) bond motifs is 2. The second-order valence-corrected chi connectivity index (χ2v) is 4.91. The molecule has 0 amide bonds. The van der Waals surface area contributed by atoms with E-state index in [2.05, 4.69) is 6.58 Å². The first kappa shape index (κ1) is 10.2. The Labute approximate surface area is 87.5 Å². The Balaban J connectivity index is 2.11. The van der Waals surface area contributed by atoms with Crippen molar-refractivity contribution in [1.82, 2.24) is 0 Å². The molecule has 1 nitrogen and oxygen atoms in total. The fourth-order valence-corrected chi connectivity index (χ4v) is 3.01. The third-order valence-corrected chi connectivity index (χ3v) is 3.75. The number of ether oxygens (including phenoxy) is 1. The van der Waals surface area contributed by atoms with Crippen molar-refractivity contribution in [1.29, 1.82) is 0 Å². The second kappa shape index (κ2) is 4.48. The van der Waals surface area contributed by atoms with Crippen molar-refractivity contribution in [2.24, 2.45) is 0 Å². The van der Waals surface area contributed by atoms with Gasteiger partial charge < -0.3 is 4.74 Å². The smallest absolute Gasteiger partial charge is 0.0720 e. The predicted molar refractivity (Wildman–Crippen MR) is 59.4 cm³/mol. The molecule has 2 saturated heterocycles. The minimum atomic E-state index is 0.180. The fourth-order valence-electron chi connectivity index (χ4n) is 3.01. The zero-order chi connectivity index (χ0) is 9.86. The van der Waals surface area contributed by atoms with E-state index >= 15 is 0 Å². The minimum Gasteiger partial charge on any atom is -0.371 e. The van der Waals surface area contributed by atoms with Crippen LogP contribution in [-0.2, 0) is 4.74 Å². The van der Waals surface area contributed by atoms with Crippen LogP contribution in [0, 0.1) is 0 Å². The van der Waals surface area contributed by atoms with Gasteiger partial charge in [0.05, 0.1) is 11.7 Å². The summed E-state index contributed by atoms with van der Waals surface area (Å²) in [5, 5.41) is 0. The van der Waals surface area contributed by atoms with E-state index < -0.39 is 0 Å². The highest BCUT2D eigenvalue weighted by molar-refractivity contribution is 4.92. The van der Waals surface area contributed by atoms with Crippen LogP contribution in [0.3, 0.4) is 0 Å². The minimum absolute atomic E-state index is 0.180. The molecule has 2 fully saturated rings. The van der Waals surface area contributed by atoms with Crippen molar-refractivity contribution in [3.8, 4) is 0 Å². The van der Waals surface area contributed by atoms with Crippen molar-refractivity contribution >= 4 is 0 Å². The Morgan fingerprint density at radius 3 is 2.36 bits per heavy atom. The highest BCUT2D eigenvalue weighted by atomic mass is 16.5. The van der Waals surface area contributed by atoms with E-state index in [-0.39, 0.29) is 5.60 Å². The molecule has 0 atom stereocenters. The average Bonchev–Trinajstić information content (AvgIpc) is 2.49. The molecule has 2 aliphatic heterocycles. The SMILES string of the molecule is C=CCC12CCCCC(CCCC1)O2. The van der Waals surface area contributed by atoms with Crippen LogP contribution in [0.4, 0.5) is 0 Å². The molecule has 0 aliphatic carbocycles. The Morgan fingerprint density at radius 2 is 1.79 bits per heavy atom. The van der Waals surface area contributed by atoms with Crippen LogP contribution in [0.25, 0.3) is 0 Å². The molecule has 0 spiro atoms. The van der Waals surface area contributed by atoms with Crippen LogP contribution >= 0.6 is 0 Å². The van der Waals surface area contributed by atoms with E-state index in [1.807, 2.05) is 6.08 Å². The van der Waals surface area contributed by atoms with Gasteiger partial charge in [-0.25, -0.2) is 0 Å². The maximum absolute atomic E-state index is 6.33. The van der Waals surface area contributed by atoms with Crippen molar-refractivity contribution in [2.45, 2.75) is 69.5 Å². The normalized spacial score (nSPS) is 38.4. The van der Waals surface area contributed by atoms with Gasteiger partial charge in [0.15, 0.2) is 0 Å². The molecule has 2 rings (SSSR count). The highest BCUT2D eigenvalue weighted by Crippen LogP contribution is 2.39. The summed E-state index contributed by atoms with van der Waals surface area (Å²) in [6, 6.07) is 0. The standard InChI is InChI=1S/C13H22O/c1-2-9-13-10-5-3-7-12(14-13)8-4-6-11-13/h2,12H,1,3-11H2. The third-order valence-electron chi connectivity index (χ3n) is 3.75. The Morgan fingerprint density at radius 1 is 1.14 bits per heavy atom. The summed E-state index contributed by atoms with van der Waals surface area (Å²) < 4.78 is 6.33. The summed E-state index contributed by atoms with van der Waals surface area (Å²) in [6.07, 6.45) is 14.2. The molecule has 0 aromatic heterocycles. The lowest BCUT2D eigenvalue weighted by Crippen LogP contribution is -2.33. The fraction of sp³-hybridized carbons (Fsp3) is 0.846. The lowest BCUT2D eigenvalue weighted by atomic mass is 9.87. The first-order chi connectivity index (χ1) is 6.85. The van der Waals surface area contributed by atoms with Gasteiger partial charge in [0.25, 0.3) is 0 Å². The molecule has 2 aliphatic rings. The van der Waals surface area contributed by atoms with Gasteiger partial charge in [-0.05, 0) is 32.1 Å². The summed E-state index contributed by atoms with van der Waals surface area (Å²) in [5.74, 6) is 0. The average molecular weight is 194 g/mol. The lowest BCUT2D eigenvalue weighted by molar-refractivity contribution is -0.0860. The van der Waals surface area contributed by atoms with Gasteiger partial charge in [-0.3, -0.25) is 0 Å². The van der Waals surface area contributed by atoms with Gasteiger partial charge in [0.2, 0.25) is 0 Å². The number of rotatable bonds is 2. The molecule has 0 aromatic rings. The van der Waals surface area contributed by atoms with Gasteiger partial charge in [-0.15, -0.1) is 6.58 Å². The molecule has 2 heterocycles. The van der Waals surface area contributed by atoms with Gasteiger partial charge >= 0.3 is 0 Å². The van der Waals surface area contributed by atoms with Crippen molar-refractivity contribution in [2.75, 3.05) is 0 Å². The Bertz CT molecular complexity index is 185. The molecule has 0 aromatic carbocycles. The zero-order valence-electron chi connectivity index (χ0n) is 9.13. The molecule has 2 bridgehead atoms. The second-order valence-electron chi connectivity index (χ2n) is 4.91. The van der Waals surface area contributed by atoms with Crippen LogP contribution in [0.15, 0.2) is 12.7 Å². The Kier molecular flexibility index (Phi) is 3.27. The van der Waals surface area contributed by atoms with Crippen molar-refractivity contribution in [3.05, 3.63) is 12.7 Å². The maximum atomic E-state index is 6.33. The van der Waals surface area contributed by atoms with E-state index in [9.17, 15) is 0 Å². The van der Waals surface area contributed by atoms with Crippen molar-refractivity contribution in [3.63, 3.8) is 0 Å². The van der Waals surface area contributed by atoms with E-state index in [0.29, 0.717) is 6.10 Å². The maximum Gasteiger partial charge on any atom is 0.0720 e. The van der Waals surface area contributed by atoms with Crippen LogP contribution in [0.1, 0.15) is 57.8 Å². The van der Waals surface area contributed by atoms with Gasteiger partial charge in [0, 0.05) is 0 Å². The van der Waals surface area contributed by atoms with Gasteiger partial charge in [-0.2, -0.15) is 0 Å². The molecule has 0 radical (unpaired) electrons. The summed E-state index contributed by atoms with van der Waals surface area (Å²) in [6.45, 7) is 3.88. The molecule has 0 unspecified atom stereocenters. The van der Waals surface area contributed by atoms with Crippen LogP contribution in [0.2, 0.25) is 0 Å². The quantitative estimate of drug-likeness (QED) is 0.607. The van der Waals surface area contributed by atoms with Crippen LogP contribution in [-0.4, -0.2) is 11.7 Å². The highest BCUT2D eigenvalue weighted by Gasteiger charge is 2.35. The molecule has 14 heavy (non-hydrogen) atoms. The third kappa shape index (κ3) is 2.20. The largest absolute Gasteiger partial charge is 0.371 e. The van der Waals surface area contributed by atoms with E-state index in [1.54, 1.807) is 0 Å². The molecular weight excluding hydrogens is 172 g/mol. The van der Waals surface area contributed by atoms with E-state index in [1.165, 1.54) is 51.4 Å². The van der Waals surface area contributed by atoms with Crippen LogP contribution in [0.5, 0.6) is 0 Å². The summed E-state index contributed by atoms with van der Waals surface area (Å²) in [5.41, 5.74) is 0.180. The molecule has 0 saturated carbocycles. The molecular formula is C13H22O. The number of hydrogen-bond acceptors (Lipinski definition) is 1.